The first kappa shape index (κ1) is 14.6. The Morgan fingerprint density at radius 3 is 2.55 bits per heavy atom. The minimum absolute atomic E-state index is 0.126. The van der Waals surface area contributed by atoms with Crippen LogP contribution < -0.4 is 10.2 Å². The Morgan fingerprint density at radius 2 is 1.85 bits per heavy atom. The number of benzene rings is 2. The first-order valence-electron chi connectivity index (χ1n) is 5.97. The number of methoxy groups -OCH3 is 1. The van der Waals surface area contributed by atoms with Crippen LogP contribution in [0.25, 0.3) is 10.8 Å². The van der Waals surface area contributed by atoms with E-state index in [0.29, 0.717) is 5.75 Å². The van der Waals surface area contributed by atoms with Crippen molar-refractivity contribution < 1.29 is 22.7 Å². The van der Waals surface area contributed by atoms with E-state index < -0.39 is 12.8 Å². The van der Waals surface area contributed by atoms with Crippen LogP contribution in [0.15, 0.2) is 36.4 Å². The Hall–Kier alpha value is -1.79. The van der Waals surface area contributed by atoms with Gasteiger partial charge in [-0.3, -0.25) is 4.84 Å². The fraction of sp³-hybridized carbons (Fsp3) is 0.286. The van der Waals surface area contributed by atoms with Crippen LogP contribution in [-0.2, 0) is 11.4 Å². The van der Waals surface area contributed by atoms with Gasteiger partial charge in [0.1, 0.15) is 5.75 Å². The lowest BCUT2D eigenvalue weighted by atomic mass is 10.0. The second-order valence-electron chi connectivity index (χ2n) is 4.19. The summed E-state index contributed by atoms with van der Waals surface area (Å²) in [6.45, 7) is -1.21. The summed E-state index contributed by atoms with van der Waals surface area (Å²) in [5.41, 5.74) is 3.08. The van der Waals surface area contributed by atoms with Crippen molar-refractivity contribution in [3.8, 4) is 5.75 Å². The molecule has 0 aliphatic carbocycles. The monoisotopic (exact) mass is 285 g/mol. The van der Waals surface area contributed by atoms with Crippen molar-refractivity contribution in [2.45, 2.75) is 12.7 Å². The van der Waals surface area contributed by atoms with E-state index in [2.05, 4.69) is 10.3 Å². The smallest absolute Gasteiger partial charge is 0.413 e. The fourth-order valence-corrected chi connectivity index (χ4v) is 1.95. The van der Waals surface area contributed by atoms with Gasteiger partial charge < -0.3 is 4.74 Å². The summed E-state index contributed by atoms with van der Waals surface area (Å²) in [5.74, 6) is 0.604. The van der Waals surface area contributed by atoms with E-state index in [1.807, 2.05) is 30.3 Å². The second-order valence-corrected chi connectivity index (χ2v) is 4.19. The normalized spacial score (nSPS) is 11.8. The van der Waals surface area contributed by atoms with E-state index >= 15 is 0 Å². The highest BCUT2D eigenvalue weighted by atomic mass is 19.4. The first-order valence-corrected chi connectivity index (χ1v) is 5.97. The quantitative estimate of drug-likeness (QED) is 0.674. The number of halogens is 3. The van der Waals surface area contributed by atoms with E-state index in [4.69, 9.17) is 4.74 Å². The molecule has 108 valence electrons. The van der Waals surface area contributed by atoms with Gasteiger partial charge in [0.15, 0.2) is 6.61 Å². The van der Waals surface area contributed by atoms with E-state index in [1.165, 1.54) is 7.11 Å². The molecule has 1 N–H and O–H groups in total. The molecule has 0 spiro atoms. The first-order chi connectivity index (χ1) is 9.51. The van der Waals surface area contributed by atoms with Gasteiger partial charge in [0.2, 0.25) is 0 Å². The Balaban J connectivity index is 2.15. The number of hydroxylamine groups is 1. The van der Waals surface area contributed by atoms with Gasteiger partial charge >= 0.3 is 6.18 Å². The fourth-order valence-electron chi connectivity index (χ4n) is 1.95. The highest BCUT2D eigenvalue weighted by Crippen LogP contribution is 2.27. The lowest BCUT2D eigenvalue weighted by molar-refractivity contribution is -0.190. The summed E-state index contributed by atoms with van der Waals surface area (Å²) in [5, 5.41) is 1.90. The lowest BCUT2D eigenvalue weighted by Crippen LogP contribution is -2.24. The van der Waals surface area contributed by atoms with Gasteiger partial charge in [-0.15, -0.1) is 0 Å². The van der Waals surface area contributed by atoms with Gasteiger partial charge in [0.25, 0.3) is 0 Å². The van der Waals surface area contributed by atoms with Crippen molar-refractivity contribution in [2.75, 3.05) is 13.7 Å². The van der Waals surface area contributed by atoms with Gasteiger partial charge in [0, 0.05) is 5.56 Å². The molecule has 0 aromatic heterocycles. The second kappa shape index (κ2) is 6.11. The third-order valence-corrected chi connectivity index (χ3v) is 2.80. The molecule has 0 atom stereocenters. The molecule has 2 rings (SSSR count). The zero-order valence-electron chi connectivity index (χ0n) is 10.8. The zero-order chi connectivity index (χ0) is 14.6. The van der Waals surface area contributed by atoms with E-state index in [-0.39, 0.29) is 6.54 Å². The number of ether oxygens (including phenoxy) is 1. The Labute approximate surface area is 114 Å². The average molecular weight is 285 g/mol. The molecular weight excluding hydrogens is 271 g/mol. The average Bonchev–Trinajstić information content (AvgIpc) is 2.42. The van der Waals surface area contributed by atoms with Crippen LogP contribution in [0.4, 0.5) is 13.2 Å². The van der Waals surface area contributed by atoms with Crippen molar-refractivity contribution in [3.05, 3.63) is 42.0 Å². The molecule has 0 unspecified atom stereocenters. The molecule has 0 fully saturated rings. The van der Waals surface area contributed by atoms with Crippen LogP contribution in [0, 0.1) is 0 Å². The molecule has 0 aliphatic rings. The molecule has 0 radical (unpaired) electrons. The maximum Gasteiger partial charge on any atom is 0.413 e. The number of alkyl halides is 3. The molecule has 20 heavy (non-hydrogen) atoms. The molecule has 2 aromatic carbocycles. The molecular formula is C14H14F3NO2. The zero-order valence-corrected chi connectivity index (χ0v) is 10.8. The maximum absolute atomic E-state index is 12.0. The predicted molar refractivity (Wildman–Crippen MR) is 69.3 cm³/mol. The summed E-state index contributed by atoms with van der Waals surface area (Å²) in [6, 6.07) is 11.2. The van der Waals surface area contributed by atoms with Crippen molar-refractivity contribution in [2.24, 2.45) is 0 Å². The third-order valence-electron chi connectivity index (χ3n) is 2.80. The molecule has 0 aliphatic heterocycles. The summed E-state index contributed by atoms with van der Waals surface area (Å²) >= 11 is 0. The number of nitrogens with one attached hydrogen (secondary N) is 1. The SMILES string of the molecule is COc1ccc2ccccc2c1CNOCC(F)(F)F. The highest BCUT2D eigenvalue weighted by Gasteiger charge is 2.27. The topological polar surface area (TPSA) is 30.5 Å². The van der Waals surface area contributed by atoms with Crippen molar-refractivity contribution in [3.63, 3.8) is 0 Å². The Morgan fingerprint density at radius 1 is 1.10 bits per heavy atom. The van der Waals surface area contributed by atoms with Crippen molar-refractivity contribution >= 4 is 10.8 Å². The number of hydrogen-bond acceptors (Lipinski definition) is 3. The highest BCUT2D eigenvalue weighted by molar-refractivity contribution is 5.87. The molecule has 0 amide bonds. The van der Waals surface area contributed by atoms with E-state index in [9.17, 15) is 13.2 Å². The minimum Gasteiger partial charge on any atom is -0.496 e. The van der Waals surface area contributed by atoms with Crippen molar-refractivity contribution in [1.82, 2.24) is 5.48 Å². The summed E-state index contributed by atoms with van der Waals surface area (Å²) in [7, 11) is 1.52. The van der Waals surface area contributed by atoms with Crippen LogP contribution in [0.2, 0.25) is 0 Å². The van der Waals surface area contributed by atoms with Crippen LogP contribution >= 0.6 is 0 Å². The van der Waals surface area contributed by atoms with Crippen LogP contribution in [0.3, 0.4) is 0 Å². The standard InChI is InChI=1S/C14H14F3NO2/c1-19-13-7-6-10-4-2-3-5-11(10)12(13)8-18-20-9-14(15,16)17/h2-7,18H,8-9H2,1H3. The molecule has 2 aromatic rings. The molecule has 6 heteroatoms. The van der Waals surface area contributed by atoms with Gasteiger partial charge in [-0.1, -0.05) is 30.3 Å². The maximum atomic E-state index is 12.0. The number of hydrogen-bond donors (Lipinski definition) is 1. The summed E-state index contributed by atoms with van der Waals surface area (Å²) in [4.78, 5) is 4.42. The van der Waals surface area contributed by atoms with Crippen LogP contribution in [0.1, 0.15) is 5.56 Å². The summed E-state index contributed by atoms with van der Waals surface area (Å²) in [6.07, 6.45) is -4.35. The molecule has 0 bridgehead atoms. The van der Waals surface area contributed by atoms with Gasteiger partial charge in [0.05, 0.1) is 13.7 Å². The van der Waals surface area contributed by atoms with E-state index in [0.717, 1.165) is 16.3 Å². The number of rotatable bonds is 5. The van der Waals surface area contributed by atoms with Gasteiger partial charge in [-0.05, 0) is 16.8 Å². The lowest BCUT2D eigenvalue weighted by Gasteiger charge is -2.13. The Kier molecular flexibility index (Phi) is 4.46. The van der Waals surface area contributed by atoms with Crippen LogP contribution in [0.5, 0.6) is 5.75 Å². The molecule has 3 nitrogen and oxygen atoms in total. The van der Waals surface area contributed by atoms with Crippen molar-refractivity contribution in [1.29, 1.82) is 0 Å². The third kappa shape index (κ3) is 3.61. The minimum atomic E-state index is -4.35. The van der Waals surface area contributed by atoms with Crippen LogP contribution in [-0.4, -0.2) is 19.9 Å². The van der Waals surface area contributed by atoms with Gasteiger partial charge in [-0.25, -0.2) is 0 Å². The Bertz CT molecular complexity index is 584. The number of fused-ring (bicyclic) bond motifs is 1. The molecule has 0 heterocycles. The van der Waals surface area contributed by atoms with E-state index in [1.54, 1.807) is 6.07 Å². The molecule has 0 saturated heterocycles. The summed E-state index contributed by atoms with van der Waals surface area (Å²) < 4.78 is 41.2. The largest absolute Gasteiger partial charge is 0.496 e. The van der Waals surface area contributed by atoms with Gasteiger partial charge in [-0.2, -0.15) is 18.7 Å². The molecule has 0 saturated carbocycles. The predicted octanol–water partition coefficient (Wildman–Crippen LogP) is 3.43.